The van der Waals surface area contributed by atoms with Gasteiger partial charge in [-0.25, -0.2) is 0 Å². The molecule has 0 saturated carbocycles. The second kappa shape index (κ2) is 8.66. The maximum absolute atomic E-state index is 13.0. The van der Waals surface area contributed by atoms with Crippen molar-refractivity contribution in [3.8, 4) is 23.0 Å². The molecule has 1 atom stereocenters. The molecule has 1 aliphatic heterocycles. The molecule has 3 rings (SSSR count). The molecule has 5 heteroatoms. The Morgan fingerprint density at radius 3 is 2.07 bits per heavy atom. The monoisotopic (exact) mass is 408 g/mol. The number of Topliss-reactive ketones (excluding diaryl/α,β-unsaturated/α-hetero) is 1. The van der Waals surface area contributed by atoms with E-state index in [1.165, 1.54) is 0 Å². The van der Waals surface area contributed by atoms with Crippen molar-refractivity contribution in [1.29, 1.82) is 0 Å². The Kier molecular flexibility index (Phi) is 6.20. The van der Waals surface area contributed by atoms with Crippen LogP contribution in [0.1, 0.15) is 67.3 Å². The van der Waals surface area contributed by atoms with Gasteiger partial charge in [-0.05, 0) is 58.2 Å². The Balaban J connectivity index is 2.15. The summed E-state index contributed by atoms with van der Waals surface area (Å²) in [6, 6.07) is 6.49. The van der Waals surface area contributed by atoms with Crippen molar-refractivity contribution in [2.24, 2.45) is 0 Å². The number of hydrogen-bond donors (Lipinski definition) is 3. The van der Waals surface area contributed by atoms with Crippen molar-refractivity contribution in [3.63, 3.8) is 0 Å². The number of ether oxygens (including phenoxy) is 1. The molecule has 1 aliphatic rings. The van der Waals surface area contributed by atoms with Crippen molar-refractivity contribution in [2.75, 3.05) is 0 Å². The van der Waals surface area contributed by atoms with Gasteiger partial charge in [0.2, 0.25) is 0 Å². The lowest BCUT2D eigenvalue weighted by Gasteiger charge is -2.29. The fraction of sp³-hybridized carbons (Fsp3) is 0.320. The first-order valence-electron chi connectivity index (χ1n) is 10.0. The quantitative estimate of drug-likeness (QED) is 0.567. The highest BCUT2D eigenvalue weighted by molar-refractivity contribution is 6.04. The number of rotatable bonds is 5. The Bertz CT molecular complexity index is 1020. The van der Waals surface area contributed by atoms with Crippen molar-refractivity contribution in [1.82, 2.24) is 0 Å². The van der Waals surface area contributed by atoms with Crippen molar-refractivity contribution >= 4 is 5.78 Å². The zero-order valence-electron chi connectivity index (χ0n) is 17.8. The van der Waals surface area contributed by atoms with Crippen LogP contribution in [0.25, 0.3) is 0 Å². The van der Waals surface area contributed by atoms with E-state index in [0.717, 1.165) is 16.7 Å². The summed E-state index contributed by atoms with van der Waals surface area (Å²) in [5.74, 6) is -0.123. The minimum atomic E-state index is -0.557. The highest BCUT2D eigenvalue weighted by Gasteiger charge is 2.35. The Morgan fingerprint density at radius 2 is 1.50 bits per heavy atom. The third-order valence-electron chi connectivity index (χ3n) is 5.20. The lowest BCUT2D eigenvalue weighted by molar-refractivity contribution is 0.0842. The number of phenols is 3. The van der Waals surface area contributed by atoms with E-state index in [1.54, 1.807) is 24.3 Å². The zero-order chi connectivity index (χ0) is 22.0. The van der Waals surface area contributed by atoms with Crippen LogP contribution in [0.4, 0.5) is 0 Å². The van der Waals surface area contributed by atoms with Crippen LogP contribution >= 0.6 is 0 Å². The van der Waals surface area contributed by atoms with Crippen LogP contribution in [0.5, 0.6) is 23.0 Å². The molecule has 2 aromatic rings. The lowest BCUT2D eigenvalue weighted by Crippen LogP contribution is -2.22. The van der Waals surface area contributed by atoms with Crippen LogP contribution in [0.2, 0.25) is 0 Å². The topological polar surface area (TPSA) is 87.0 Å². The number of fused-ring (bicyclic) bond motifs is 1. The second-order valence-corrected chi connectivity index (χ2v) is 8.15. The molecule has 0 bridgehead atoms. The van der Waals surface area contributed by atoms with Crippen LogP contribution in [0.3, 0.4) is 0 Å². The summed E-state index contributed by atoms with van der Waals surface area (Å²) in [4.78, 5) is 13.0. The highest BCUT2D eigenvalue weighted by Crippen LogP contribution is 2.48. The van der Waals surface area contributed by atoms with E-state index in [2.05, 4.69) is 0 Å². The predicted molar refractivity (Wildman–Crippen MR) is 116 cm³/mol. The summed E-state index contributed by atoms with van der Waals surface area (Å²) in [6.07, 6.45) is 4.07. The molecule has 0 aliphatic carbocycles. The Morgan fingerprint density at radius 1 is 0.933 bits per heavy atom. The molecule has 0 saturated heterocycles. The minimum Gasteiger partial charge on any atom is -0.508 e. The number of benzene rings is 2. The molecule has 0 amide bonds. The number of carbonyl (C=O) groups excluding carboxylic acids is 1. The molecule has 30 heavy (non-hydrogen) atoms. The van der Waals surface area contributed by atoms with E-state index >= 15 is 0 Å². The van der Waals surface area contributed by atoms with Crippen molar-refractivity contribution in [2.45, 2.75) is 53.1 Å². The molecular formula is C25H28O5. The fourth-order valence-electron chi connectivity index (χ4n) is 3.52. The highest BCUT2D eigenvalue weighted by atomic mass is 16.5. The first-order chi connectivity index (χ1) is 14.2. The molecule has 0 unspecified atom stereocenters. The first kappa shape index (κ1) is 21.5. The van der Waals surface area contributed by atoms with Crippen LogP contribution in [0, 0.1) is 0 Å². The number of ketones is 1. The van der Waals surface area contributed by atoms with E-state index < -0.39 is 6.10 Å². The Labute approximate surface area is 177 Å². The van der Waals surface area contributed by atoms with Crippen LogP contribution in [-0.4, -0.2) is 21.1 Å². The number of allylic oxidation sites excluding steroid dienone is 4. The van der Waals surface area contributed by atoms with Gasteiger partial charge in [0.1, 0.15) is 34.7 Å². The SMILES string of the molecule is CC(C)=CCc1c(O)c(CC=C(C)C)c2c(c1O)C(=O)C[C@H](c1ccc(O)cc1)O2. The normalized spacial score (nSPS) is 15.2. The number of aromatic hydroxyl groups is 3. The first-order valence-corrected chi connectivity index (χ1v) is 10.0. The summed E-state index contributed by atoms with van der Waals surface area (Å²) >= 11 is 0. The number of phenolic OH excluding ortho intramolecular Hbond substituents is 3. The third-order valence-corrected chi connectivity index (χ3v) is 5.20. The summed E-state index contributed by atoms with van der Waals surface area (Å²) in [7, 11) is 0. The van der Waals surface area contributed by atoms with Gasteiger partial charge < -0.3 is 20.1 Å². The molecule has 2 aromatic carbocycles. The molecule has 1 heterocycles. The van der Waals surface area contributed by atoms with Gasteiger partial charge in [-0.3, -0.25) is 4.79 Å². The molecule has 158 valence electrons. The summed E-state index contributed by atoms with van der Waals surface area (Å²) in [5.41, 5.74) is 3.83. The van der Waals surface area contributed by atoms with Gasteiger partial charge in [-0.1, -0.05) is 35.4 Å². The van der Waals surface area contributed by atoms with Gasteiger partial charge >= 0.3 is 0 Å². The minimum absolute atomic E-state index is 0.0413. The molecule has 3 N–H and O–H groups in total. The van der Waals surface area contributed by atoms with E-state index in [4.69, 9.17) is 4.74 Å². The average molecular weight is 408 g/mol. The van der Waals surface area contributed by atoms with E-state index in [9.17, 15) is 20.1 Å². The maximum Gasteiger partial charge on any atom is 0.174 e. The van der Waals surface area contributed by atoms with Crippen LogP contribution in [-0.2, 0) is 12.8 Å². The molecule has 0 aromatic heterocycles. The van der Waals surface area contributed by atoms with Crippen LogP contribution < -0.4 is 4.74 Å². The summed E-state index contributed by atoms with van der Waals surface area (Å²) < 4.78 is 6.17. The molecule has 0 radical (unpaired) electrons. The third kappa shape index (κ3) is 4.35. The van der Waals surface area contributed by atoms with Gasteiger partial charge in [-0.2, -0.15) is 0 Å². The predicted octanol–water partition coefficient (Wildman–Crippen LogP) is 5.53. The van der Waals surface area contributed by atoms with E-state index in [-0.39, 0.29) is 40.8 Å². The van der Waals surface area contributed by atoms with Gasteiger partial charge in [-0.15, -0.1) is 0 Å². The van der Waals surface area contributed by atoms with Gasteiger partial charge in [0, 0.05) is 11.1 Å². The van der Waals surface area contributed by atoms with Crippen molar-refractivity contribution < 1.29 is 24.9 Å². The largest absolute Gasteiger partial charge is 0.508 e. The average Bonchev–Trinajstić information content (AvgIpc) is 2.67. The molecule has 5 nitrogen and oxygen atoms in total. The number of hydrogen-bond acceptors (Lipinski definition) is 5. The second-order valence-electron chi connectivity index (χ2n) is 8.15. The lowest BCUT2D eigenvalue weighted by atomic mass is 9.89. The summed E-state index contributed by atoms with van der Waals surface area (Å²) in [6.45, 7) is 7.79. The van der Waals surface area contributed by atoms with Crippen LogP contribution in [0.15, 0.2) is 47.6 Å². The smallest absolute Gasteiger partial charge is 0.174 e. The molecule has 0 fully saturated rings. The molecule has 0 spiro atoms. The van der Waals surface area contributed by atoms with E-state index in [0.29, 0.717) is 24.0 Å². The number of carbonyl (C=O) groups is 1. The van der Waals surface area contributed by atoms with Gasteiger partial charge in [0.05, 0.1) is 6.42 Å². The van der Waals surface area contributed by atoms with E-state index in [1.807, 2.05) is 39.8 Å². The molecular weight excluding hydrogens is 380 g/mol. The van der Waals surface area contributed by atoms with Crippen molar-refractivity contribution in [3.05, 3.63) is 69.8 Å². The Hall–Kier alpha value is -3.21. The standard InChI is InChI=1S/C25H28O5/c1-14(2)5-11-18-23(28)19(12-6-15(3)4)25-22(24(18)29)20(27)13-21(30-25)16-7-9-17(26)10-8-16/h5-10,21,26,28-29H,11-13H2,1-4H3/t21-/m1/s1. The fourth-order valence-corrected chi connectivity index (χ4v) is 3.52. The van der Waals surface area contributed by atoms with Gasteiger partial charge in [0.15, 0.2) is 5.78 Å². The maximum atomic E-state index is 13.0. The zero-order valence-corrected chi connectivity index (χ0v) is 17.8. The van der Waals surface area contributed by atoms with Gasteiger partial charge in [0.25, 0.3) is 0 Å². The summed E-state index contributed by atoms with van der Waals surface area (Å²) in [5, 5.41) is 31.4.